The normalized spacial score (nSPS) is 11.8. The molecule has 0 bridgehead atoms. The lowest BCUT2D eigenvalue weighted by molar-refractivity contribution is 0.102. The van der Waals surface area contributed by atoms with Crippen LogP contribution in [0.3, 0.4) is 0 Å². The van der Waals surface area contributed by atoms with Crippen molar-refractivity contribution in [2.24, 2.45) is 0 Å². The summed E-state index contributed by atoms with van der Waals surface area (Å²) < 4.78 is 24.1. The average molecular weight is 506 g/mol. The predicted octanol–water partition coefficient (Wildman–Crippen LogP) is 6.32. The Balaban J connectivity index is 1.55. The Morgan fingerprint density at radius 3 is 2.47 bits per heavy atom. The maximum absolute atomic E-state index is 13.2. The summed E-state index contributed by atoms with van der Waals surface area (Å²) in [4.78, 5) is 19.6. The fourth-order valence-electron chi connectivity index (χ4n) is 3.86. The molecule has 1 amide bonds. The number of hydrogen-bond donors (Lipinski definition) is 1. The molecule has 3 aromatic carbocycles. The fraction of sp³-hybridized carbons (Fsp3) is 0.214. The topological polar surface area (TPSA) is 63.7 Å². The summed E-state index contributed by atoms with van der Waals surface area (Å²) in [7, 11) is 3.28. The number of amides is 1. The third-order valence-corrected chi connectivity index (χ3v) is 6.76. The van der Waals surface area contributed by atoms with E-state index in [-0.39, 0.29) is 17.8 Å². The molecule has 1 N–H and O–H groups in total. The molecule has 0 aliphatic rings. The largest absolute Gasteiger partial charge is 0.497 e. The summed E-state index contributed by atoms with van der Waals surface area (Å²) >= 11 is 1.43. The van der Waals surface area contributed by atoms with Gasteiger partial charge in [-0.2, -0.15) is 0 Å². The van der Waals surface area contributed by atoms with Crippen LogP contribution in [0.2, 0.25) is 0 Å². The first-order valence-corrected chi connectivity index (χ1v) is 12.4. The van der Waals surface area contributed by atoms with Crippen molar-refractivity contribution in [1.82, 2.24) is 9.88 Å². The Labute approximate surface area is 214 Å². The summed E-state index contributed by atoms with van der Waals surface area (Å²) in [6.07, 6.45) is 0. The van der Waals surface area contributed by atoms with Crippen molar-refractivity contribution in [3.63, 3.8) is 0 Å². The molecule has 0 aliphatic heterocycles. The number of halogens is 1. The van der Waals surface area contributed by atoms with Gasteiger partial charge in [0.2, 0.25) is 0 Å². The van der Waals surface area contributed by atoms with E-state index >= 15 is 0 Å². The van der Waals surface area contributed by atoms with Crippen molar-refractivity contribution in [1.29, 1.82) is 0 Å². The number of methoxy groups -OCH3 is 2. The molecule has 186 valence electrons. The van der Waals surface area contributed by atoms with Gasteiger partial charge in [-0.3, -0.25) is 9.69 Å². The van der Waals surface area contributed by atoms with Crippen LogP contribution in [-0.4, -0.2) is 30.0 Å². The lowest BCUT2D eigenvalue weighted by Gasteiger charge is -2.29. The van der Waals surface area contributed by atoms with Gasteiger partial charge in [-0.15, -0.1) is 11.3 Å². The first kappa shape index (κ1) is 25.3. The summed E-state index contributed by atoms with van der Waals surface area (Å²) in [6.45, 7) is 3.31. The van der Waals surface area contributed by atoms with Gasteiger partial charge in [-0.25, -0.2) is 9.37 Å². The van der Waals surface area contributed by atoms with E-state index in [1.54, 1.807) is 19.6 Å². The number of thiazole rings is 1. The number of rotatable bonds is 10. The first-order chi connectivity index (χ1) is 17.5. The monoisotopic (exact) mass is 505 g/mol. The zero-order valence-corrected chi connectivity index (χ0v) is 21.2. The van der Waals surface area contributed by atoms with Crippen LogP contribution in [-0.2, 0) is 13.1 Å². The number of nitrogens with zero attached hydrogens (tertiary/aromatic N) is 2. The number of hydrogen-bond acceptors (Lipinski definition) is 6. The van der Waals surface area contributed by atoms with Crippen molar-refractivity contribution in [2.45, 2.75) is 26.1 Å². The molecule has 0 unspecified atom stereocenters. The Bertz CT molecular complexity index is 1300. The van der Waals surface area contributed by atoms with E-state index in [9.17, 15) is 9.18 Å². The lowest BCUT2D eigenvalue weighted by atomic mass is 10.1. The zero-order chi connectivity index (χ0) is 25.5. The Kier molecular flexibility index (Phi) is 8.30. The molecule has 4 aromatic rings. The van der Waals surface area contributed by atoms with Crippen LogP contribution in [0.1, 0.15) is 39.6 Å². The van der Waals surface area contributed by atoms with Gasteiger partial charge in [0.05, 0.1) is 20.8 Å². The zero-order valence-electron chi connectivity index (χ0n) is 20.4. The number of aromatic nitrogens is 1. The first-order valence-electron chi connectivity index (χ1n) is 11.5. The molecular weight excluding hydrogens is 477 g/mol. The summed E-state index contributed by atoms with van der Waals surface area (Å²) in [5, 5.41) is 5.32. The lowest BCUT2D eigenvalue weighted by Crippen LogP contribution is -2.26. The summed E-state index contributed by atoms with van der Waals surface area (Å²) in [5.41, 5.74) is 3.04. The van der Waals surface area contributed by atoms with Gasteiger partial charge in [0.1, 0.15) is 28.0 Å². The van der Waals surface area contributed by atoms with Crippen LogP contribution in [0.4, 0.5) is 10.1 Å². The van der Waals surface area contributed by atoms with E-state index in [1.807, 2.05) is 36.4 Å². The quantitative estimate of drug-likeness (QED) is 0.273. The van der Waals surface area contributed by atoms with E-state index in [1.165, 1.54) is 41.2 Å². The van der Waals surface area contributed by atoms with Crippen molar-refractivity contribution in [2.75, 3.05) is 19.5 Å². The maximum Gasteiger partial charge on any atom is 0.275 e. The molecule has 0 saturated carbocycles. The number of carbonyl (C=O) groups excluding carboxylic acids is 1. The summed E-state index contributed by atoms with van der Waals surface area (Å²) in [5.74, 6) is 0.793. The van der Waals surface area contributed by atoms with Crippen LogP contribution >= 0.6 is 11.3 Å². The Morgan fingerprint density at radius 1 is 1.03 bits per heavy atom. The third kappa shape index (κ3) is 6.27. The molecule has 6 nitrogen and oxygen atoms in total. The van der Waals surface area contributed by atoms with Crippen molar-refractivity contribution >= 4 is 22.9 Å². The predicted molar refractivity (Wildman–Crippen MR) is 140 cm³/mol. The van der Waals surface area contributed by atoms with E-state index in [0.717, 1.165) is 22.1 Å². The van der Waals surface area contributed by atoms with E-state index < -0.39 is 0 Å². The molecule has 0 spiro atoms. The van der Waals surface area contributed by atoms with Crippen LogP contribution in [0.15, 0.2) is 78.2 Å². The highest BCUT2D eigenvalue weighted by Gasteiger charge is 2.21. The highest BCUT2D eigenvalue weighted by molar-refractivity contribution is 7.09. The minimum Gasteiger partial charge on any atom is -0.497 e. The number of ether oxygens (including phenoxy) is 2. The standard InChI is InChI=1S/C28H28FN3O3S/c1-19(20-7-5-4-6-8-20)32(16-21-9-14-24(34-2)15-26(21)35-3)17-27-31-25(18-36-27)28(33)30-23-12-10-22(29)11-13-23/h4-15,18-19H,16-17H2,1-3H3,(H,30,33)/t19-/m1/s1. The molecule has 1 heterocycles. The van der Waals surface area contributed by atoms with Gasteiger partial charge >= 0.3 is 0 Å². The van der Waals surface area contributed by atoms with Crippen LogP contribution < -0.4 is 14.8 Å². The van der Waals surface area contributed by atoms with Crippen molar-refractivity contribution in [3.05, 3.63) is 106 Å². The molecule has 4 rings (SSSR count). The SMILES string of the molecule is COc1ccc(CN(Cc2nc(C(=O)Nc3ccc(F)cc3)cs2)[C@H](C)c2ccccc2)c(OC)c1. The second-order valence-corrected chi connectivity index (χ2v) is 9.20. The van der Waals surface area contributed by atoms with Gasteiger partial charge in [0, 0.05) is 35.3 Å². The van der Waals surface area contributed by atoms with Gasteiger partial charge in [0.15, 0.2) is 0 Å². The molecule has 1 aromatic heterocycles. The van der Waals surface area contributed by atoms with E-state index in [4.69, 9.17) is 9.47 Å². The van der Waals surface area contributed by atoms with Gasteiger partial charge in [0.25, 0.3) is 5.91 Å². The second kappa shape index (κ2) is 11.8. The average Bonchev–Trinajstić information content (AvgIpc) is 3.38. The van der Waals surface area contributed by atoms with Gasteiger partial charge in [-0.1, -0.05) is 36.4 Å². The third-order valence-electron chi connectivity index (χ3n) is 5.92. The molecule has 0 radical (unpaired) electrons. The van der Waals surface area contributed by atoms with E-state index in [2.05, 4.69) is 34.3 Å². The molecule has 36 heavy (non-hydrogen) atoms. The van der Waals surface area contributed by atoms with Gasteiger partial charge < -0.3 is 14.8 Å². The maximum atomic E-state index is 13.2. The summed E-state index contributed by atoms with van der Waals surface area (Å²) in [6, 6.07) is 21.8. The number of anilines is 1. The van der Waals surface area contributed by atoms with E-state index in [0.29, 0.717) is 24.5 Å². The second-order valence-electron chi connectivity index (χ2n) is 8.26. The number of benzene rings is 3. The highest BCUT2D eigenvalue weighted by atomic mass is 32.1. The Morgan fingerprint density at radius 2 is 1.78 bits per heavy atom. The van der Waals surface area contributed by atoms with Crippen LogP contribution in [0.25, 0.3) is 0 Å². The number of carbonyl (C=O) groups is 1. The molecule has 0 saturated heterocycles. The minimum atomic E-state index is -0.356. The van der Waals surface area contributed by atoms with Crippen LogP contribution in [0.5, 0.6) is 11.5 Å². The minimum absolute atomic E-state index is 0.0819. The molecule has 0 aliphatic carbocycles. The Hall–Kier alpha value is -3.75. The van der Waals surface area contributed by atoms with Gasteiger partial charge in [-0.05, 0) is 42.8 Å². The van der Waals surface area contributed by atoms with Crippen molar-refractivity contribution in [3.8, 4) is 11.5 Å². The van der Waals surface area contributed by atoms with Crippen molar-refractivity contribution < 1.29 is 18.7 Å². The molecular formula is C28H28FN3O3S. The molecule has 0 fully saturated rings. The fourth-order valence-corrected chi connectivity index (χ4v) is 4.66. The van der Waals surface area contributed by atoms with Crippen LogP contribution in [0, 0.1) is 5.82 Å². The molecule has 8 heteroatoms. The molecule has 1 atom stereocenters. The number of nitrogens with one attached hydrogen (secondary N) is 1. The highest BCUT2D eigenvalue weighted by Crippen LogP contribution is 2.31. The smallest absolute Gasteiger partial charge is 0.275 e.